The van der Waals surface area contributed by atoms with Gasteiger partial charge in [-0.05, 0) is 30.7 Å². The molecule has 0 aliphatic carbocycles. The molecular weight excluding hydrogens is 503 g/mol. The quantitative estimate of drug-likeness (QED) is 0.238. The van der Waals surface area contributed by atoms with Gasteiger partial charge in [-0.3, -0.25) is 23.4 Å². The molecule has 194 valence electrons. The summed E-state index contributed by atoms with van der Waals surface area (Å²) in [7, 11) is -3.24. The Hall–Kier alpha value is -3.76. The zero-order chi connectivity index (χ0) is 26.4. The lowest BCUT2D eigenvalue weighted by atomic mass is 10.1. The zero-order valence-electron chi connectivity index (χ0n) is 20.0. The van der Waals surface area contributed by atoms with Crippen molar-refractivity contribution in [3.05, 3.63) is 111 Å². The lowest BCUT2D eigenvalue weighted by molar-refractivity contribution is -0.150. The number of hydrogen-bond acceptors (Lipinski definition) is 9. The first-order valence-corrected chi connectivity index (χ1v) is 12.7. The molecular formula is C25H25N2O9P. The number of phosphoric acid groups is 1. The number of hydrogen-bond donors (Lipinski definition) is 1. The number of H-pyrrole nitrogens is 1. The van der Waals surface area contributed by atoms with Crippen molar-refractivity contribution < 1.29 is 32.4 Å². The molecule has 0 radical (unpaired) electrons. The summed E-state index contributed by atoms with van der Waals surface area (Å²) >= 11 is 0. The van der Waals surface area contributed by atoms with Crippen LogP contribution in [0, 0.1) is 6.92 Å². The van der Waals surface area contributed by atoms with Crippen LogP contribution >= 0.6 is 7.82 Å². The van der Waals surface area contributed by atoms with E-state index in [4.69, 9.17) is 23.0 Å². The van der Waals surface area contributed by atoms with Gasteiger partial charge in [0.05, 0.1) is 13.7 Å². The van der Waals surface area contributed by atoms with E-state index in [1.54, 1.807) is 79.7 Å². The highest BCUT2D eigenvalue weighted by Crippen LogP contribution is 2.53. The Bertz CT molecular complexity index is 1420. The summed E-state index contributed by atoms with van der Waals surface area (Å²) in [6.07, 6.45) is 1.63. The third-order valence-electron chi connectivity index (χ3n) is 5.33. The van der Waals surface area contributed by atoms with Crippen LogP contribution in [0.25, 0.3) is 0 Å². The molecule has 0 bridgehead atoms. The van der Waals surface area contributed by atoms with E-state index in [-0.39, 0.29) is 12.4 Å². The maximum Gasteiger partial charge on any atom is 0.531 e. The van der Waals surface area contributed by atoms with Crippen molar-refractivity contribution in [1.29, 1.82) is 0 Å². The monoisotopic (exact) mass is 528 g/mol. The molecule has 4 rings (SSSR count). The molecule has 0 fully saturated rings. The van der Waals surface area contributed by atoms with Crippen LogP contribution in [0.1, 0.15) is 23.5 Å². The van der Waals surface area contributed by atoms with Gasteiger partial charge in [0, 0.05) is 11.8 Å². The van der Waals surface area contributed by atoms with Gasteiger partial charge in [0.15, 0.2) is 12.3 Å². The van der Waals surface area contributed by atoms with Gasteiger partial charge in [0.25, 0.3) is 5.56 Å². The van der Waals surface area contributed by atoms with Gasteiger partial charge < -0.3 is 14.0 Å². The Morgan fingerprint density at radius 3 is 2.43 bits per heavy atom. The number of benzene rings is 2. The third kappa shape index (κ3) is 6.52. The van der Waals surface area contributed by atoms with Crippen molar-refractivity contribution in [2.24, 2.45) is 0 Å². The molecule has 4 atom stereocenters. The Labute approximate surface area is 211 Å². The highest BCUT2D eigenvalue weighted by atomic mass is 31.2. The number of carbonyl (C=O) groups is 1. The third-order valence-corrected chi connectivity index (χ3v) is 6.70. The summed E-state index contributed by atoms with van der Waals surface area (Å²) in [6, 6.07) is 16.6. The van der Waals surface area contributed by atoms with Crippen LogP contribution in [0.3, 0.4) is 0 Å². The molecule has 2 heterocycles. The standard InChI is InChI=1S/C25H25N2O9P/c1-17-15-27(25(30)26-23(17)28)21-14-13-20(34-21)16-33-37(31,35-19-11-7-4-8-12-19)36-22(24(29)32-2)18-9-5-3-6-10-18/h3-15,20-22H,16H2,1-2H3,(H,26,28,30)/t20-,21+,22?,37?/m0/s1. The first kappa shape index (κ1) is 26.3. The second-order valence-electron chi connectivity index (χ2n) is 8.00. The van der Waals surface area contributed by atoms with Gasteiger partial charge in [0.2, 0.25) is 0 Å². The lowest BCUT2D eigenvalue weighted by Gasteiger charge is -2.24. The van der Waals surface area contributed by atoms with Gasteiger partial charge in [-0.2, -0.15) is 0 Å². The summed E-state index contributed by atoms with van der Waals surface area (Å²) in [5.41, 5.74) is -0.408. The molecule has 0 spiro atoms. The highest BCUT2D eigenvalue weighted by Gasteiger charge is 2.38. The molecule has 0 saturated carbocycles. The SMILES string of the molecule is COC(=O)C(OP(=O)(OC[C@@H]1C=C[C@H](n2cc(C)c(=O)[nH]c2=O)O1)Oc1ccccc1)c1ccccc1. The maximum absolute atomic E-state index is 13.8. The Balaban J connectivity index is 1.53. The van der Waals surface area contributed by atoms with Crippen molar-refractivity contribution >= 4 is 13.8 Å². The molecule has 2 aromatic carbocycles. The van der Waals surface area contributed by atoms with E-state index in [0.29, 0.717) is 11.1 Å². The number of ether oxygens (including phenoxy) is 2. The average Bonchev–Trinajstić information content (AvgIpc) is 3.38. The van der Waals surface area contributed by atoms with E-state index in [1.807, 2.05) is 0 Å². The minimum Gasteiger partial charge on any atom is -0.467 e. The van der Waals surface area contributed by atoms with Gasteiger partial charge in [0.1, 0.15) is 11.9 Å². The fourth-order valence-electron chi connectivity index (χ4n) is 3.47. The molecule has 37 heavy (non-hydrogen) atoms. The van der Waals surface area contributed by atoms with Crippen molar-refractivity contribution in [1.82, 2.24) is 9.55 Å². The molecule has 1 aliphatic heterocycles. The molecule has 1 aromatic heterocycles. The number of para-hydroxylation sites is 1. The number of aromatic nitrogens is 2. The molecule has 0 amide bonds. The number of aromatic amines is 1. The van der Waals surface area contributed by atoms with Gasteiger partial charge >= 0.3 is 19.5 Å². The van der Waals surface area contributed by atoms with Gasteiger partial charge in [-0.1, -0.05) is 54.6 Å². The molecule has 1 aliphatic rings. The number of rotatable bonds is 10. The minimum absolute atomic E-state index is 0.193. The number of methoxy groups -OCH3 is 1. The average molecular weight is 528 g/mol. The van der Waals surface area contributed by atoms with Gasteiger partial charge in [-0.25, -0.2) is 14.2 Å². The van der Waals surface area contributed by atoms with Crippen LogP contribution in [0.4, 0.5) is 0 Å². The van der Waals surface area contributed by atoms with E-state index >= 15 is 0 Å². The molecule has 2 unspecified atom stereocenters. The van der Waals surface area contributed by atoms with Crippen molar-refractivity contribution in [2.75, 3.05) is 13.7 Å². The minimum atomic E-state index is -4.43. The second-order valence-corrected chi connectivity index (χ2v) is 9.54. The van der Waals surface area contributed by atoms with Crippen molar-refractivity contribution in [3.8, 4) is 5.75 Å². The molecule has 11 nitrogen and oxygen atoms in total. The first-order valence-electron chi connectivity index (χ1n) is 11.2. The van der Waals surface area contributed by atoms with Crippen LogP contribution in [-0.2, 0) is 27.9 Å². The lowest BCUT2D eigenvalue weighted by Crippen LogP contribution is -2.33. The molecule has 12 heteroatoms. The molecule has 1 N–H and O–H groups in total. The summed E-state index contributed by atoms with van der Waals surface area (Å²) in [5, 5.41) is 0. The second kappa shape index (κ2) is 11.5. The van der Waals surface area contributed by atoms with E-state index < -0.39 is 43.5 Å². The Morgan fingerprint density at radius 2 is 1.76 bits per heavy atom. The van der Waals surface area contributed by atoms with Crippen LogP contribution in [0.5, 0.6) is 5.75 Å². The van der Waals surface area contributed by atoms with Crippen LogP contribution in [0.2, 0.25) is 0 Å². The van der Waals surface area contributed by atoms with Crippen molar-refractivity contribution in [2.45, 2.75) is 25.4 Å². The van der Waals surface area contributed by atoms with E-state index in [2.05, 4.69) is 4.98 Å². The number of carbonyl (C=O) groups excluding carboxylic acids is 1. The van der Waals surface area contributed by atoms with Crippen LogP contribution in [-0.4, -0.2) is 35.3 Å². The summed E-state index contributed by atoms with van der Waals surface area (Å²) in [6.45, 7) is 1.27. The van der Waals surface area contributed by atoms with Crippen LogP contribution in [0.15, 0.2) is 88.6 Å². The van der Waals surface area contributed by atoms with E-state index in [0.717, 1.165) is 0 Å². The summed E-state index contributed by atoms with van der Waals surface area (Å²) in [5.74, 6) is -0.602. The molecule has 0 saturated heterocycles. The summed E-state index contributed by atoms with van der Waals surface area (Å²) in [4.78, 5) is 38.6. The first-order chi connectivity index (χ1) is 17.8. The number of esters is 1. The molecule has 3 aromatic rings. The van der Waals surface area contributed by atoms with Gasteiger partial charge in [-0.15, -0.1) is 0 Å². The highest BCUT2D eigenvalue weighted by molar-refractivity contribution is 7.49. The summed E-state index contributed by atoms with van der Waals surface area (Å²) < 4.78 is 42.5. The topological polar surface area (TPSA) is 135 Å². The van der Waals surface area contributed by atoms with Crippen molar-refractivity contribution in [3.63, 3.8) is 0 Å². The largest absolute Gasteiger partial charge is 0.531 e. The van der Waals surface area contributed by atoms with E-state index in [1.165, 1.54) is 17.9 Å². The smallest absolute Gasteiger partial charge is 0.467 e. The predicted octanol–water partition coefficient (Wildman–Crippen LogP) is 3.43. The Kier molecular flexibility index (Phi) is 8.20. The Morgan fingerprint density at radius 1 is 1.08 bits per heavy atom. The fourth-order valence-corrected chi connectivity index (χ4v) is 4.81. The number of nitrogens with one attached hydrogen (secondary N) is 1. The number of aryl methyl sites for hydroxylation is 1. The van der Waals surface area contributed by atoms with E-state index in [9.17, 15) is 18.9 Å². The normalized spacial score (nSPS) is 19.2. The number of nitrogens with zero attached hydrogens (tertiary/aromatic N) is 1. The fraction of sp³-hybridized carbons (Fsp3) is 0.240. The maximum atomic E-state index is 13.8. The van der Waals surface area contributed by atoms with Crippen LogP contribution < -0.4 is 15.8 Å². The predicted molar refractivity (Wildman–Crippen MR) is 132 cm³/mol. The number of phosphoric ester groups is 1. The zero-order valence-corrected chi connectivity index (χ0v) is 20.9.